The van der Waals surface area contributed by atoms with Crippen LogP contribution in [0.1, 0.15) is 0 Å². The van der Waals surface area contributed by atoms with E-state index in [1.54, 1.807) is 0 Å². The van der Waals surface area contributed by atoms with Gasteiger partial charge in [-0.2, -0.15) is 0 Å². The van der Waals surface area contributed by atoms with E-state index in [1.165, 1.54) is 143 Å². The average molecular weight is 1430 g/mol. The van der Waals surface area contributed by atoms with Crippen molar-refractivity contribution < 1.29 is 0 Å². The first kappa shape index (κ1) is 68.0. The van der Waals surface area contributed by atoms with Crippen LogP contribution in [0.4, 0.5) is 56.9 Å². The van der Waals surface area contributed by atoms with Crippen LogP contribution in [-0.2, 0) is 0 Å². The van der Waals surface area contributed by atoms with Gasteiger partial charge in [-0.25, -0.2) is 0 Å². The molecule has 0 aliphatic rings. The average Bonchev–Trinajstić information content (AvgIpc) is 0.717. The highest BCUT2D eigenvalue weighted by Crippen LogP contribution is 2.47. The normalized spacial score (nSPS) is 11.3. The lowest BCUT2D eigenvalue weighted by Gasteiger charge is -2.27. The van der Waals surface area contributed by atoms with Crippen molar-refractivity contribution in [3.8, 4) is 66.8 Å². The summed E-state index contributed by atoms with van der Waals surface area (Å²) in [5.41, 5.74) is 25.6. The molecule has 0 fully saturated rings. The van der Waals surface area contributed by atoms with Crippen LogP contribution in [0.5, 0.6) is 0 Å². The van der Waals surface area contributed by atoms with Crippen molar-refractivity contribution in [2.24, 2.45) is 0 Å². The molecular weight excluding hydrogens is 1350 g/mol. The lowest BCUT2D eigenvalue weighted by molar-refractivity contribution is 1.22. The van der Waals surface area contributed by atoms with E-state index in [-0.39, 0.29) is 0 Å². The van der Waals surface area contributed by atoms with Gasteiger partial charge in [-0.3, -0.25) is 0 Å². The van der Waals surface area contributed by atoms with Gasteiger partial charge < -0.3 is 19.6 Å². The second-order valence-electron chi connectivity index (χ2n) is 28.9. The molecule has 0 saturated carbocycles. The molecule has 0 aliphatic heterocycles. The van der Waals surface area contributed by atoms with Crippen LogP contribution < -0.4 is 19.6 Å². The van der Waals surface area contributed by atoms with Crippen molar-refractivity contribution in [2.45, 2.75) is 0 Å². The van der Waals surface area contributed by atoms with Gasteiger partial charge in [0.25, 0.3) is 0 Å². The third-order valence-electron chi connectivity index (χ3n) is 22.2. The summed E-state index contributed by atoms with van der Waals surface area (Å²) in [6, 6.07) is 158. The molecule has 0 heterocycles. The fraction of sp³-hybridized carbons (Fsp3) is 0.0185. The molecule has 20 aromatic rings. The summed E-state index contributed by atoms with van der Waals surface area (Å²) in [5.74, 6) is 0. The first-order valence-corrected chi connectivity index (χ1v) is 38.5. The lowest BCUT2D eigenvalue weighted by Crippen LogP contribution is -2.10. The van der Waals surface area contributed by atoms with Gasteiger partial charge in [0.2, 0.25) is 0 Å². The zero-order chi connectivity index (χ0) is 74.9. The van der Waals surface area contributed by atoms with E-state index in [4.69, 9.17) is 0 Å². The van der Waals surface area contributed by atoms with Crippen molar-refractivity contribution in [2.75, 3.05) is 33.7 Å². The molecule has 4 heteroatoms. The van der Waals surface area contributed by atoms with E-state index in [2.05, 4.69) is 470 Å². The molecule has 20 aromatic carbocycles. The van der Waals surface area contributed by atoms with Crippen LogP contribution in [0, 0.1) is 0 Å². The monoisotopic (exact) mass is 1430 g/mol. The molecule has 0 N–H and O–H groups in total. The summed E-state index contributed by atoms with van der Waals surface area (Å²) in [5, 5.41) is 15.5. The zero-order valence-corrected chi connectivity index (χ0v) is 62.4. The van der Waals surface area contributed by atoms with Gasteiger partial charge in [-0.05, 0) is 230 Å². The quantitative estimate of drug-likeness (QED) is 0.0706. The number of hydrogen-bond donors (Lipinski definition) is 0. The standard InChI is InChI=1S/C57H40N2.C51H38N2/c1-58(55-36-35-53-51-24-11-18-43-17-10-23-50(56(43)51)52-25-12-26-54(55)57(52)53)46-31-27-41(28-32-46)42-29-33-47(34-30-42)59(48-21-8-19-44(37-48)39-13-4-2-5-14-39)49-22-9-20-45(38-49)40-15-6-3-7-16-40;1-52(51-36-43-18-8-9-23-48(43)49-24-10-11-25-50(49)51)44-30-26-39(27-31-44)40-28-32-45(33-29-40)53(46-21-12-19-41(34-46)37-14-4-2-5-15-37)47-22-13-20-42(35-47)38-16-6-3-7-17-38/h2-38H,1H3;2-36H,1H3. The summed E-state index contributed by atoms with van der Waals surface area (Å²) >= 11 is 0. The van der Waals surface area contributed by atoms with Gasteiger partial charge in [-0.15, -0.1) is 0 Å². The van der Waals surface area contributed by atoms with Crippen LogP contribution in [0.3, 0.4) is 0 Å². The molecule has 0 bridgehead atoms. The maximum atomic E-state index is 2.36. The number of nitrogens with zero attached hydrogens (tertiary/aromatic N) is 4. The zero-order valence-electron chi connectivity index (χ0n) is 62.4. The molecule has 0 unspecified atom stereocenters. The number of rotatable bonds is 16. The number of benzene rings is 20. The smallest absolute Gasteiger partial charge is 0.0494 e. The van der Waals surface area contributed by atoms with Crippen LogP contribution in [0.15, 0.2) is 437 Å². The van der Waals surface area contributed by atoms with Gasteiger partial charge in [-0.1, -0.05) is 328 Å². The van der Waals surface area contributed by atoms with Crippen LogP contribution >= 0.6 is 0 Å². The SMILES string of the molecule is CN(c1ccc(-c2ccc(N(c3cccc(-c4ccccc4)c3)c3cccc(-c4ccccc4)c3)cc2)cc1)c1cc2ccccc2c2ccccc12.CN(c1ccc(-c2ccc(N(c3cccc(-c4ccccc4)c3)c3cccc(-c4ccccc4)c3)cc2)cc1)c1ccc2c3cccc4cccc(c5cccc1c52)c43. The largest absolute Gasteiger partial charge is 0.344 e. The minimum Gasteiger partial charge on any atom is -0.344 e. The Morgan fingerprint density at radius 3 is 0.830 bits per heavy atom. The van der Waals surface area contributed by atoms with Gasteiger partial charge in [0.1, 0.15) is 0 Å². The topological polar surface area (TPSA) is 13.0 Å². The molecule has 0 amide bonds. The van der Waals surface area contributed by atoms with E-state index in [9.17, 15) is 0 Å². The van der Waals surface area contributed by atoms with Crippen LogP contribution in [-0.4, -0.2) is 14.1 Å². The molecule has 4 nitrogen and oxygen atoms in total. The number of anilines is 10. The Morgan fingerprint density at radius 2 is 0.420 bits per heavy atom. The van der Waals surface area contributed by atoms with Crippen molar-refractivity contribution in [1.82, 2.24) is 0 Å². The minimum atomic E-state index is 1.10. The van der Waals surface area contributed by atoms with Gasteiger partial charge in [0.05, 0.1) is 0 Å². The van der Waals surface area contributed by atoms with Crippen molar-refractivity contribution in [3.63, 3.8) is 0 Å². The van der Waals surface area contributed by atoms with Crippen molar-refractivity contribution >= 4 is 122 Å². The first-order valence-electron chi connectivity index (χ1n) is 38.5. The summed E-state index contributed by atoms with van der Waals surface area (Å²) in [6.07, 6.45) is 0. The molecule has 0 aromatic heterocycles. The molecule has 20 rings (SSSR count). The van der Waals surface area contributed by atoms with E-state index in [0.717, 1.165) is 45.5 Å². The third-order valence-corrected chi connectivity index (χ3v) is 22.2. The predicted octanol–water partition coefficient (Wildman–Crippen LogP) is 30.2. The van der Waals surface area contributed by atoms with Crippen molar-refractivity contribution in [3.05, 3.63) is 437 Å². The highest BCUT2D eigenvalue weighted by molar-refractivity contribution is 6.34. The summed E-state index contributed by atoms with van der Waals surface area (Å²) in [4.78, 5) is 9.34. The van der Waals surface area contributed by atoms with E-state index in [1.807, 2.05) is 0 Å². The minimum absolute atomic E-state index is 1.10. The Kier molecular flexibility index (Phi) is 18.1. The maximum absolute atomic E-state index is 2.36. The Bertz CT molecular complexity index is 6530. The molecule has 0 atom stereocenters. The third kappa shape index (κ3) is 13.1. The van der Waals surface area contributed by atoms with E-state index in [0.29, 0.717) is 0 Å². The molecule has 530 valence electrons. The molecule has 0 saturated heterocycles. The summed E-state index contributed by atoms with van der Waals surface area (Å²) in [7, 11) is 4.34. The Morgan fingerprint density at radius 1 is 0.143 bits per heavy atom. The second-order valence-corrected chi connectivity index (χ2v) is 28.9. The molecule has 112 heavy (non-hydrogen) atoms. The van der Waals surface area contributed by atoms with Gasteiger partial charge >= 0.3 is 0 Å². The first-order chi connectivity index (χ1) is 55.4. The second kappa shape index (κ2) is 29.9. The Hall–Kier alpha value is -14.6. The molecule has 0 radical (unpaired) electrons. The molecular formula is C108H78N4. The summed E-state index contributed by atoms with van der Waals surface area (Å²) in [6.45, 7) is 0. The number of hydrogen-bond acceptors (Lipinski definition) is 4. The lowest BCUT2D eigenvalue weighted by atomic mass is 9.89. The number of fused-ring (bicyclic) bond motifs is 5. The Balaban J connectivity index is 0.000000152. The van der Waals surface area contributed by atoms with Crippen LogP contribution in [0.25, 0.3) is 131 Å². The van der Waals surface area contributed by atoms with Gasteiger partial charge in [0.15, 0.2) is 0 Å². The van der Waals surface area contributed by atoms with Crippen molar-refractivity contribution in [1.29, 1.82) is 0 Å². The fourth-order valence-corrected chi connectivity index (χ4v) is 16.6. The van der Waals surface area contributed by atoms with E-state index >= 15 is 0 Å². The predicted molar refractivity (Wildman–Crippen MR) is 480 cm³/mol. The highest BCUT2D eigenvalue weighted by Gasteiger charge is 2.21. The molecule has 0 spiro atoms. The molecule has 0 aliphatic carbocycles. The highest BCUT2D eigenvalue weighted by atomic mass is 15.2. The van der Waals surface area contributed by atoms with Gasteiger partial charge in [0, 0.05) is 81.7 Å². The fourth-order valence-electron chi connectivity index (χ4n) is 16.6. The van der Waals surface area contributed by atoms with Crippen LogP contribution in [0.2, 0.25) is 0 Å². The van der Waals surface area contributed by atoms with E-state index < -0.39 is 0 Å². The summed E-state index contributed by atoms with van der Waals surface area (Å²) < 4.78 is 0. The Labute approximate surface area is 654 Å². The maximum Gasteiger partial charge on any atom is 0.0494 e.